The number of carbonyl (C=O) groups is 2. The molecule has 2 aromatic rings. The van der Waals surface area contributed by atoms with Crippen LogP contribution in [0.15, 0.2) is 42.5 Å². The summed E-state index contributed by atoms with van der Waals surface area (Å²) in [4.78, 5) is 24.1. The number of nitrogens with one attached hydrogen (secondary N) is 1. The minimum Gasteiger partial charge on any atom is -0.495 e. The second-order valence-corrected chi connectivity index (χ2v) is 5.94. The summed E-state index contributed by atoms with van der Waals surface area (Å²) >= 11 is 0. The topological polar surface area (TPSA) is 73.9 Å². The summed E-state index contributed by atoms with van der Waals surface area (Å²) < 4.78 is 15.8. The number of anilines is 1. The van der Waals surface area contributed by atoms with E-state index in [2.05, 4.69) is 5.32 Å². The molecule has 0 aliphatic heterocycles. The van der Waals surface area contributed by atoms with Crippen LogP contribution < -0.4 is 14.8 Å². The Labute approximate surface area is 153 Å². The Bertz CT molecular complexity index is 788. The normalized spacial score (nSPS) is 11.4. The lowest BCUT2D eigenvalue weighted by Gasteiger charge is -2.15. The van der Waals surface area contributed by atoms with Gasteiger partial charge in [-0.1, -0.05) is 18.2 Å². The van der Waals surface area contributed by atoms with Crippen LogP contribution in [0.1, 0.15) is 18.1 Å². The number of hydrogen-bond donors (Lipinski definition) is 1. The number of rotatable bonds is 7. The average Bonchev–Trinajstić information content (AvgIpc) is 2.60. The lowest BCUT2D eigenvalue weighted by molar-refractivity contribution is -0.153. The van der Waals surface area contributed by atoms with Crippen LogP contribution in [0.2, 0.25) is 0 Å². The first-order valence-corrected chi connectivity index (χ1v) is 8.23. The molecule has 6 heteroatoms. The van der Waals surface area contributed by atoms with Crippen LogP contribution in [0.3, 0.4) is 0 Å². The maximum absolute atomic E-state index is 12.0. The number of methoxy groups -OCH3 is 1. The second-order valence-electron chi connectivity index (χ2n) is 5.94. The largest absolute Gasteiger partial charge is 0.495 e. The van der Waals surface area contributed by atoms with Gasteiger partial charge in [0.2, 0.25) is 0 Å². The predicted molar refractivity (Wildman–Crippen MR) is 98.6 cm³/mol. The summed E-state index contributed by atoms with van der Waals surface area (Å²) in [7, 11) is 1.52. The zero-order valence-corrected chi connectivity index (χ0v) is 15.4. The van der Waals surface area contributed by atoms with E-state index in [4.69, 9.17) is 14.2 Å². The Balaban J connectivity index is 1.86. The van der Waals surface area contributed by atoms with Crippen molar-refractivity contribution in [2.24, 2.45) is 0 Å². The molecule has 0 fully saturated rings. The van der Waals surface area contributed by atoms with E-state index in [1.807, 2.05) is 38.1 Å². The van der Waals surface area contributed by atoms with Crippen molar-refractivity contribution >= 4 is 17.6 Å². The maximum Gasteiger partial charge on any atom is 0.347 e. The molecule has 0 bridgehead atoms. The van der Waals surface area contributed by atoms with Crippen molar-refractivity contribution in [3.05, 3.63) is 53.6 Å². The highest BCUT2D eigenvalue weighted by molar-refractivity contribution is 5.94. The Kier molecular flexibility index (Phi) is 6.60. The monoisotopic (exact) mass is 357 g/mol. The van der Waals surface area contributed by atoms with Gasteiger partial charge in [-0.25, -0.2) is 4.79 Å². The molecular formula is C20H23NO5. The lowest BCUT2D eigenvalue weighted by atomic mass is 10.2. The molecule has 1 N–H and O–H groups in total. The molecule has 0 saturated heterocycles. The van der Waals surface area contributed by atoms with E-state index in [0.717, 1.165) is 11.1 Å². The van der Waals surface area contributed by atoms with E-state index in [-0.39, 0.29) is 0 Å². The SMILES string of the molecule is COc1ccc(C)cc1NC(=O)COC(=O)[C@@H](C)Oc1cccc(C)c1. The standard InChI is InChI=1S/C20H23NO5/c1-13-6-5-7-16(10-13)26-15(3)20(23)25-12-19(22)21-17-11-14(2)8-9-18(17)24-4/h5-11,15H,12H2,1-4H3,(H,21,22)/t15-/m1/s1. The molecule has 0 aromatic heterocycles. The number of esters is 1. The summed E-state index contributed by atoms with van der Waals surface area (Å²) in [6.07, 6.45) is -0.821. The van der Waals surface area contributed by atoms with Crippen molar-refractivity contribution in [1.29, 1.82) is 0 Å². The highest BCUT2D eigenvalue weighted by Crippen LogP contribution is 2.25. The molecular weight excluding hydrogens is 334 g/mol. The molecule has 26 heavy (non-hydrogen) atoms. The molecule has 0 radical (unpaired) electrons. The van der Waals surface area contributed by atoms with Gasteiger partial charge in [-0.2, -0.15) is 0 Å². The molecule has 2 aromatic carbocycles. The Morgan fingerprint density at radius 2 is 1.81 bits per heavy atom. The van der Waals surface area contributed by atoms with Crippen LogP contribution in [0, 0.1) is 13.8 Å². The van der Waals surface area contributed by atoms with E-state index in [0.29, 0.717) is 17.2 Å². The Morgan fingerprint density at radius 1 is 1.08 bits per heavy atom. The van der Waals surface area contributed by atoms with Crippen LogP contribution in [-0.4, -0.2) is 31.7 Å². The van der Waals surface area contributed by atoms with Gasteiger partial charge in [0.1, 0.15) is 11.5 Å². The third kappa shape index (κ3) is 5.51. The molecule has 0 heterocycles. The average molecular weight is 357 g/mol. The predicted octanol–water partition coefficient (Wildman–Crippen LogP) is 3.26. The fourth-order valence-electron chi connectivity index (χ4n) is 2.30. The smallest absolute Gasteiger partial charge is 0.347 e. The van der Waals surface area contributed by atoms with E-state index >= 15 is 0 Å². The molecule has 0 unspecified atom stereocenters. The van der Waals surface area contributed by atoms with Gasteiger partial charge in [0, 0.05) is 0 Å². The highest BCUT2D eigenvalue weighted by Gasteiger charge is 2.18. The first-order valence-electron chi connectivity index (χ1n) is 8.23. The highest BCUT2D eigenvalue weighted by atomic mass is 16.6. The second kappa shape index (κ2) is 8.89. The van der Waals surface area contributed by atoms with E-state index in [9.17, 15) is 9.59 Å². The summed E-state index contributed by atoms with van der Waals surface area (Å²) in [6, 6.07) is 12.8. The van der Waals surface area contributed by atoms with Crippen LogP contribution in [0.4, 0.5) is 5.69 Å². The zero-order chi connectivity index (χ0) is 19.1. The summed E-state index contributed by atoms with van der Waals surface area (Å²) in [5, 5.41) is 2.67. The van der Waals surface area contributed by atoms with Crippen molar-refractivity contribution in [2.75, 3.05) is 19.0 Å². The van der Waals surface area contributed by atoms with Gasteiger partial charge in [0.05, 0.1) is 12.8 Å². The number of benzene rings is 2. The van der Waals surface area contributed by atoms with Crippen molar-refractivity contribution in [2.45, 2.75) is 26.9 Å². The van der Waals surface area contributed by atoms with Gasteiger partial charge >= 0.3 is 5.97 Å². The van der Waals surface area contributed by atoms with Crippen molar-refractivity contribution in [1.82, 2.24) is 0 Å². The van der Waals surface area contributed by atoms with Crippen LogP contribution in [0.25, 0.3) is 0 Å². The van der Waals surface area contributed by atoms with Crippen molar-refractivity contribution in [3.8, 4) is 11.5 Å². The molecule has 0 spiro atoms. The molecule has 2 rings (SSSR count). The summed E-state index contributed by atoms with van der Waals surface area (Å²) in [5.74, 6) is 0.0395. The first-order chi connectivity index (χ1) is 12.4. The fourth-order valence-corrected chi connectivity index (χ4v) is 2.30. The summed E-state index contributed by atoms with van der Waals surface area (Å²) in [5.41, 5.74) is 2.52. The van der Waals surface area contributed by atoms with Crippen LogP contribution in [0.5, 0.6) is 11.5 Å². The number of amides is 1. The third-order valence-corrected chi connectivity index (χ3v) is 3.61. The molecule has 0 saturated carbocycles. The van der Waals surface area contributed by atoms with Crippen LogP contribution >= 0.6 is 0 Å². The maximum atomic E-state index is 12.0. The van der Waals surface area contributed by atoms with Gasteiger partial charge in [0.15, 0.2) is 12.7 Å². The van der Waals surface area contributed by atoms with E-state index < -0.39 is 24.6 Å². The number of aryl methyl sites for hydroxylation is 2. The number of carbonyl (C=O) groups excluding carboxylic acids is 2. The van der Waals surface area contributed by atoms with Gasteiger partial charge in [0.25, 0.3) is 5.91 Å². The first kappa shape index (κ1) is 19.3. The van der Waals surface area contributed by atoms with Crippen LogP contribution in [-0.2, 0) is 14.3 Å². The Morgan fingerprint density at radius 3 is 2.50 bits per heavy atom. The van der Waals surface area contributed by atoms with E-state index in [1.165, 1.54) is 7.11 Å². The summed E-state index contributed by atoms with van der Waals surface area (Å²) in [6.45, 7) is 5.00. The molecule has 0 aliphatic rings. The van der Waals surface area contributed by atoms with Gasteiger partial charge in [-0.3, -0.25) is 4.79 Å². The lowest BCUT2D eigenvalue weighted by Crippen LogP contribution is -2.29. The van der Waals surface area contributed by atoms with Gasteiger partial charge < -0.3 is 19.5 Å². The fraction of sp³-hybridized carbons (Fsp3) is 0.300. The number of hydrogen-bond acceptors (Lipinski definition) is 5. The quantitative estimate of drug-likeness (QED) is 0.770. The molecule has 6 nitrogen and oxygen atoms in total. The zero-order valence-electron chi connectivity index (χ0n) is 15.4. The molecule has 0 aliphatic carbocycles. The molecule has 138 valence electrons. The van der Waals surface area contributed by atoms with Crippen molar-refractivity contribution < 1.29 is 23.8 Å². The minimum atomic E-state index is -0.821. The Hall–Kier alpha value is -3.02. The molecule has 1 atom stereocenters. The minimum absolute atomic E-state index is 0.405. The third-order valence-electron chi connectivity index (χ3n) is 3.61. The van der Waals surface area contributed by atoms with Gasteiger partial charge in [-0.05, 0) is 56.2 Å². The van der Waals surface area contributed by atoms with Crippen molar-refractivity contribution in [3.63, 3.8) is 0 Å². The number of ether oxygens (including phenoxy) is 3. The van der Waals surface area contributed by atoms with E-state index in [1.54, 1.807) is 25.1 Å². The molecule has 1 amide bonds. The van der Waals surface area contributed by atoms with Gasteiger partial charge in [-0.15, -0.1) is 0 Å².